The summed E-state index contributed by atoms with van der Waals surface area (Å²) in [4.78, 5) is 14.0. The van der Waals surface area contributed by atoms with Crippen LogP contribution >= 0.6 is 0 Å². The zero-order valence-corrected chi connectivity index (χ0v) is 10.7. The van der Waals surface area contributed by atoms with Crippen molar-refractivity contribution in [2.45, 2.75) is 31.7 Å². The maximum Gasteiger partial charge on any atom is 0.229 e. The number of carbonyl (C=O) groups excluding carboxylic acids is 1. The van der Waals surface area contributed by atoms with E-state index < -0.39 is 0 Å². The monoisotopic (exact) mass is 248 g/mol. The number of phenols is 1. The van der Waals surface area contributed by atoms with Crippen molar-refractivity contribution < 1.29 is 9.90 Å². The number of aromatic hydroxyl groups is 1. The van der Waals surface area contributed by atoms with Crippen LogP contribution < -0.4 is 10.6 Å². The number of amides is 1. The Morgan fingerprint density at radius 1 is 1.44 bits per heavy atom. The van der Waals surface area contributed by atoms with Gasteiger partial charge in [0.05, 0.1) is 0 Å². The van der Waals surface area contributed by atoms with E-state index in [9.17, 15) is 9.90 Å². The highest BCUT2D eigenvalue weighted by Crippen LogP contribution is 2.27. The number of nitrogens with zero attached hydrogens (tertiary/aromatic N) is 1. The van der Waals surface area contributed by atoms with E-state index in [0.29, 0.717) is 0 Å². The molecule has 4 nitrogen and oxygen atoms in total. The van der Waals surface area contributed by atoms with Gasteiger partial charge in [-0.1, -0.05) is 12.5 Å². The molecule has 2 atom stereocenters. The number of hydrogen-bond acceptors (Lipinski definition) is 3. The standard InChI is InChI=1S/C14H20N2O2/c1-16(12-6-3-7-13(17)9-12)14(18)10-4-2-5-11(15)8-10/h3,6-7,9-11,17H,2,4-5,8,15H2,1H3. The van der Waals surface area contributed by atoms with Gasteiger partial charge in [-0.05, 0) is 31.4 Å². The molecule has 1 aromatic carbocycles. The van der Waals surface area contributed by atoms with Crippen molar-refractivity contribution in [2.24, 2.45) is 11.7 Å². The van der Waals surface area contributed by atoms with Crippen LogP contribution in [0.4, 0.5) is 5.69 Å². The molecule has 3 N–H and O–H groups in total. The molecule has 0 spiro atoms. The van der Waals surface area contributed by atoms with Crippen molar-refractivity contribution in [3.8, 4) is 5.75 Å². The Balaban J connectivity index is 2.08. The van der Waals surface area contributed by atoms with E-state index in [1.807, 2.05) is 6.07 Å². The van der Waals surface area contributed by atoms with Crippen LogP contribution in [0.1, 0.15) is 25.7 Å². The normalized spacial score (nSPS) is 23.7. The molecule has 1 aliphatic carbocycles. The zero-order valence-electron chi connectivity index (χ0n) is 10.7. The van der Waals surface area contributed by atoms with Gasteiger partial charge in [-0.25, -0.2) is 0 Å². The third-order valence-corrected chi connectivity index (χ3v) is 3.61. The van der Waals surface area contributed by atoms with Gasteiger partial charge >= 0.3 is 0 Å². The lowest BCUT2D eigenvalue weighted by atomic mass is 9.85. The van der Waals surface area contributed by atoms with E-state index in [-0.39, 0.29) is 23.6 Å². The van der Waals surface area contributed by atoms with Crippen LogP contribution in [0.15, 0.2) is 24.3 Å². The van der Waals surface area contributed by atoms with E-state index in [4.69, 9.17) is 5.73 Å². The predicted octanol–water partition coefficient (Wildman–Crippen LogP) is 1.87. The summed E-state index contributed by atoms with van der Waals surface area (Å²) < 4.78 is 0. The van der Waals surface area contributed by atoms with E-state index in [2.05, 4.69) is 0 Å². The second-order valence-corrected chi connectivity index (χ2v) is 5.04. The van der Waals surface area contributed by atoms with Gasteiger partial charge in [0.15, 0.2) is 0 Å². The highest BCUT2D eigenvalue weighted by molar-refractivity contribution is 5.94. The second-order valence-electron chi connectivity index (χ2n) is 5.04. The Hall–Kier alpha value is -1.55. The molecule has 2 unspecified atom stereocenters. The van der Waals surface area contributed by atoms with Crippen molar-refractivity contribution in [3.63, 3.8) is 0 Å². The van der Waals surface area contributed by atoms with Gasteiger partial charge in [-0.15, -0.1) is 0 Å². The molecule has 1 aliphatic rings. The lowest BCUT2D eigenvalue weighted by molar-refractivity contribution is -0.123. The largest absolute Gasteiger partial charge is 0.508 e. The van der Waals surface area contributed by atoms with Gasteiger partial charge in [0.1, 0.15) is 5.75 Å². The average Bonchev–Trinajstić information content (AvgIpc) is 2.37. The number of benzene rings is 1. The fourth-order valence-electron chi connectivity index (χ4n) is 2.55. The predicted molar refractivity (Wildman–Crippen MR) is 71.5 cm³/mol. The first-order valence-electron chi connectivity index (χ1n) is 6.40. The zero-order chi connectivity index (χ0) is 13.1. The summed E-state index contributed by atoms with van der Waals surface area (Å²) in [6, 6.07) is 6.89. The van der Waals surface area contributed by atoms with Gasteiger partial charge in [-0.3, -0.25) is 4.79 Å². The van der Waals surface area contributed by atoms with E-state index in [0.717, 1.165) is 31.4 Å². The van der Waals surface area contributed by atoms with Crippen LogP contribution in [0.2, 0.25) is 0 Å². The fraction of sp³-hybridized carbons (Fsp3) is 0.500. The molecule has 0 radical (unpaired) electrons. The Kier molecular flexibility index (Phi) is 3.87. The summed E-state index contributed by atoms with van der Waals surface area (Å²) in [5.41, 5.74) is 6.64. The topological polar surface area (TPSA) is 66.6 Å². The highest BCUT2D eigenvalue weighted by Gasteiger charge is 2.28. The summed E-state index contributed by atoms with van der Waals surface area (Å²) in [6.07, 6.45) is 3.71. The number of hydrogen-bond donors (Lipinski definition) is 2. The third kappa shape index (κ3) is 2.82. The minimum atomic E-state index is 0.0149. The van der Waals surface area contributed by atoms with Crippen LogP contribution in [-0.4, -0.2) is 24.1 Å². The van der Waals surface area contributed by atoms with Gasteiger partial charge < -0.3 is 15.7 Å². The second kappa shape index (κ2) is 5.40. The summed E-state index contributed by atoms with van der Waals surface area (Å²) in [6.45, 7) is 0. The first-order valence-corrected chi connectivity index (χ1v) is 6.40. The molecule has 1 aromatic rings. The molecule has 1 amide bonds. The first-order chi connectivity index (χ1) is 8.58. The number of phenolic OH excluding ortho intramolecular Hbond substituents is 1. The Morgan fingerprint density at radius 3 is 2.89 bits per heavy atom. The number of rotatable bonds is 2. The van der Waals surface area contributed by atoms with Crippen molar-refractivity contribution >= 4 is 11.6 Å². The molecule has 1 saturated carbocycles. The summed E-state index contributed by atoms with van der Waals surface area (Å²) in [7, 11) is 1.75. The lowest BCUT2D eigenvalue weighted by Gasteiger charge is -2.29. The van der Waals surface area contributed by atoms with Crippen LogP contribution in [-0.2, 0) is 4.79 Å². The highest BCUT2D eigenvalue weighted by atomic mass is 16.3. The Labute approximate surface area is 107 Å². The van der Waals surface area contributed by atoms with Gasteiger partial charge in [-0.2, -0.15) is 0 Å². The number of anilines is 1. The first kappa shape index (κ1) is 12.9. The van der Waals surface area contributed by atoms with Gasteiger partial charge in [0.2, 0.25) is 5.91 Å². The van der Waals surface area contributed by atoms with Crippen LogP contribution in [0.25, 0.3) is 0 Å². The van der Waals surface area contributed by atoms with Crippen molar-refractivity contribution in [1.29, 1.82) is 0 Å². The molecular formula is C14H20N2O2. The molecule has 0 heterocycles. The lowest BCUT2D eigenvalue weighted by Crippen LogP contribution is -2.38. The maximum absolute atomic E-state index is 12.3. The molecule has 98 valence electrons. The van der Waals surface area contributed by atoms with Gasteiger partial charge in [0.25, 0.3) is 0 Å². The Morgan fingerprint density at radius 2 is 2.22 bits per heavy atom. The summed E-state index contributed by atoms with van der Waals surface area (Å²) >= 11 is 0. The molecule has 0 saturated heterocycles. The average molecular weight is 248 g/mol. The molecule has 0 aromatic heterocycles. The molecule has 0 aliphatic heterocycles. The smallest absolute Gasteiger partial charge is 0.229 e. The van der Waals surface area contributed by atoms with E-state index >= 15 is 0 Å². The summed E-state index contributed by atoms with van der Waals surface area (Å²) in [5, 5.41) is 9.44. The SMILES string of the molecule is CN(C(=O)C1CCCC(N)C1)c1cccc(O)c1. The van der Waals surface area contributed by atoms with E-state index in [1.165, 1.54) is 0 Å². The molecule has 4 heteroatoms. The van der Waals surface area contributed by atoms with Crippen molar-refractivity contribution in [2.75, 3.05) is 11.9 Å². The summed E-state index contributed by atoms with van der Waals surface area (Å²) in [5.74, 6) is 0.282. The van der Waals surface area contributed by atoms with Gasteiger partial charge in [0, 0.05) is 30.8 Å². The van der Waals surface area contributed by atoms with Crippen molar-refractivity contribution in [1.82, 2.24) is 0 Å². The maximum atomic E-state index is 12.3. The van der Waals surface area contributed by atoms with E-state index in [1.54, 1.807) is 30.1 Å². The molecule has 2 rings (SSSR count). The molecular weight excluding hydrogens is 228 g/mol. The van der Waals surface area contributed by atoms with Crippen LogP contribution in [0.3, 0.4) is 0 Å². The molecule has 0 bridgehead atoms. The Bertz CT molecular complexity index is 434. The molecule has 1 fully saturated rings. The fourth-order valence-corrected chi connectivity index (χ4v) is 2.55. The minimum Gasteiger partial charge on any atom is -0.508 e. The third-order valence-electron chi connectivity index (χ3n) is 3.61. The van der Waals surface area contributed by atoms with Crippen LogP contribution in [0.5, 0.6) is 5.75 Å². The quantitative estimate of drug-likeness (QED) is 0.839. The van der Waals surface area contributed by atoms with Crippen molar-refractivity contribution in [3.05, 3.63) is 24.3 Å². The number of carbonyl (C=O) groups is 1. The molecule has 18 heavy (non-hydrogen) atoms. The van der Waals surface area contributed by atoms with Crippen LogP contribution in [0, 0.1) is 5.92 Å². The number of nitrogens with two attached hydrogens (primary N) is 1. The minimum absolute atomic E-state index is 0.0149.